The van der Waals surface area contributed by atoms with Gasteiger partial charge in [-0.05, 0) is 51.1 Å². The Kier molecular flexibility index (Phi) is 8.22. The molecule has 9 heteroatoms. The fourth-order valence-electron chi connectivity index (χ4n) is 3.97. The number of hydrogen-bond acceptors (Lipinski definition) is 5. The summed E-state index contributed by atoms with van der Waals surface area (Å²) in [5, 5.41) is 2.86. The number of methoxy groups -OCH3 is 1. The predicted molar refractivity (Wildman–Crippen MR) is 120 cm³/mol. The third-order valence-electron chi connectivity index (χ3n) is 5.65. The third-order valence-corrected chi connectivity index (χ3v) is 7.22. The summed E-state index contributed by atoms with van der Waals surface area (Å²) in [6.07, 6.45) is 3.34. The van der Waals surface area contributed by atoms with Gasteiger partial charge in [0.1, 0.15) is 16.5 Å². The molecule has 0 spiro atoms. The normalized spacial score (nSPS) is 16.8. The molecule has 1 unspecified atom stereocenters. The number of amides is 1. The molecule has 0 bridgehead atoms. The number of rotatable bonds is 9. The zero-order chi connectivity index (χ0) is 23.1. The summed E-state index contributed by atoms with van der Waals surface area (Å²) in [5.74, 6) is -0.610. The van der Waals surface area contributed by atoms with Crippen LogP contribution in [0.5, 0.6) is 5.75 Å². The number of likely N-dealkylation sites (tertiary alicyclic amines) is 1. The van der Waals surface area contributed by atoms with Crippen molar-refractivity contribution in [2.45, 2.75) is 43.2 Å². The van der Waals surface area contributed by atoms with Crippen LogP contribution < -0.4 is 14.8 Å². The first-order valence-corrected chi connectivity index (χ1v) is 12.2. The van der Waals surface area contributed by atoms with Gasteiger partial charge in [-0.3, -0.25) is 9.69 Å². The van der Waals surface area contributed by atoms with Gasteiger partial charge in [-0.15, -0.1) is 0 Å². The van der Waals surface area contributed by atoms with E-state index >= 15 is 0 Å². The second kappa shape index (κ2) is 10.9. The lowest BCUT2D eigenvalue weighted by Gasteiger charge is -2.35. The van der Waals surface area contributed by atoms with E-state index < -0.39 is 32.7 Å². The molecule has 0 aromatic heterocycles. The number of nitrogens with zero attached hydrogens (tertiary/aromatic N) is 1. The number of piperidine rings is 1. The van der Waals surface area contributed by atoms with Gasteiger partial charge >= 0.3 is 0 Å². The van der Waals surface area contributed by atoms with Crippen LogP contribution in [0.15, 0.2) is 53.4 Å². The zero-order valence-corrected chi connectivity index (χ0v) is 19.2. The molecule has 1 fully saturated rings. The van der Waals surface area contributed by atoms with Gasteiger partial charge in [0.05, 0.1) is 19.2 Å². The Morgan fingerprint density at radius 3 is 2.44 bits per heavy atom. The first-order valence-electron chi connectivity index (χ1n) is 10.7. The second-order valence-electron chi connectivity index (χ2n) is 7.87. The number of sulfonamides is 1. The predicted octanol–water partition coefficient (Wildman–Crippen LogP) is 2.84. The molecule has 0 aliphatic carbocycles. The molecule has 3 rings (SSSR count). The maximum atomic E-state index is 13.9. The summed E-state index contributed by atoms with van der Waals surface area (Å²) in [6.45, 7) is 3.56. The average molecular weight is 464 g/mol. The number of hydrogen-bond donors (Lipinski definition) is 2. The van der Waals surface area contributed by atoms with E-state index in [1.165, 1.54) is 25.5 Å². The van der Waals surface area contributed by atoms with Gasteiger partial charge in [-0.25, -0.2) is 12.8 Å². The topological polar surface area (TPSA) is 87.7 Å². The minimum atomic E-state index is -4.17. The van der Waals surface area contributed by atoms with Gasteiger partial charge in [-0.2, -0.15) is 4.72 Å². The Morgan fingerprint density at radius 1 is 1.09 bits per heavy atom. The van der Waals surface area contributed by atoms with E-state index in [1.807, 2.05) is 24.3 Å². The number of para-hydroxylation sites is 1. The number of carbonyl (C=O) groups excluding carboxylic acids is 1. The van der Waals surface area contributed by atoms with Crippen molar-refractivity contribution in [1.82, 2.24) is 14.9 Å². The van der Waals surface area contributed by atoms with Crippen molar-refractivity contribution in [1.29, 1.82) is 0 Å². The Labute approximate surface area is 189 Å². The Balaban J connectivity index is 1.71. The van der Waals surface area contributed by atoms with Crippen molar-refractivity contribution in [2.24, 2.45) is 0 Å². The van der Waals surface area contributed by atoms with Crippen LogP contribution >= 0.6 is 0 Å². The van der Waals surface area contributed by atoms with Crippen LogP contribution in [-0.2, 0) is 14.8 Å². The maximum Gasteiger partial charge on any atom is 0.244 e. The Morgan fingerprint density at radius 2 is 1.75 bits per heavy atom. The number of nitrogens with one attached hydrogen (secondary N) is 2. The number of ether oxygens (including phenoxy) is 1. The summed E-state index contributed by atoms with van der Waals surface area (Å²) in [6, 6.07) is 11.6. The number of halogens is 1. The Bertz CT molecular complexity index is 1030. The van der Waals surface area contributed by atoms with Crippen LogP contribution in [0, 0.1) is 5.82 Å². The van der Waals surface area contributed by atoms with Crippen molar-refractivity contribution >= 4 is 15.9 Å². The number of benzene rings is 2. The smallest absolute Gasteiger partial charge is 0.244 e. The largest absolute Gasteiger partial charge is 0.496 e. The number of carbonyl (C=O) groups is 1. The molecule has 0 saturated carbocycles. The average Bonchev–Trinajstić information content (AvgIpc) is 2.80. The van der Waals surface area contributed by atoms with Gasteiger partial charge in [0.2, 0.25) is 15.9 Å². The molecular formula is C23H30FN3O4S. The van der Waals surface area contributed by atoms with E-state index in [4.69, 9.17) is 4.74 Å². The lowest BCUT2D eigenvalue weighted by atomic mass is 10.0. The van der Waals surface area contributed by atoms with Gasteiger partial charge in [-0.1, -0.05) is 36.8 Å². The molecule has 1 amide bonds. The summed E-state index contributed by atoms with van der Waals surface area (Å²) in [7, 11) is -2.56. The summed E-state index contributed by atoms with van der Waals surface area (Å²) in [5.41, 5.74) is 0.969. The van der Waals surface area contributed by atoms with Crippen LogP contribution in [0.2, 0.25) is 0 Å². The fourth-order valence-corrected chi connectivity index (χ4v) is 5.25. The van der Waals surface area contributed by atoms with Crippen molar-refractivity contribution in [3.05, 3.63) is 59.9 Å². The van der Waals surface area contributed by atoms with E-state index in [-0.39, 0.29) is 6.04 Å². The quantitative estimate of drug-likeness (QED) is 0.597. The highest BCUT2D eigenvalue weighted by atomic mass is 32.2. The Hall–Kier alpha value is -2.49. The lowest BCUT2D eigenvalue weighted by Crippen LogP contribution is -2.48. The van der Waals surface area contributed by atoms with E-state index in [2.05, 4.69) is 14.9 Å². The van der Waals surface area contributed by atoms with Crippen molar-refractivity contribution in [3.63, 3.8) is 0 Å². The maximum absolute atomic E-state index is 13.9. The second-order valence-corrected chi connectivity index (χ2v) is 9.56. The highest BCUT2D eigenvalue weighted by molar-refractivity contribution is 7.89. The molecule has 0 radical (unpaired) electrons. The molecule has 2 atom stereocenters. The third kappa shape index (κ3) is 5.85. The molecule has 2 aromatic carbocycles. The molecule has 1 aliphatic rings. The van der Waals surface area contributed by atoms with E-state index in [0.29, 0.717) is 6.54 Å². The molecule has 7 nitrogen and oxygen atoms in total. The van der Waals surface area contributed by atoms with E-state index in [0.717, 1.165) is 49.4 Å². The molecular weight excluding hydrogens is 433 g/mol. The summed E-state index contributed by atoms with van der Waals surface area (Å²) < 4.78 is 46.7. The molecule has 1 heterocycles. The van der Waals surface area contributed by atoms with Crippen molar-refractivity contribution in [3.8, 4) is 5.75 Å². The van der Waals surface area contributed by atoms with E-state index in [1.54, 1.807) is 7.11 Å². The first kappa shape index (κ1) is 24.2. The summed E-state index contributed by atoms with van der Waals surface area (Å²) >= 11 is 0. The lowest BCUT2D eigenvalue weighted by molar-refractivity contribution is -0.122. The van der Waals surface area contributed by atoms with Crippen LogP contribution in [0.1, 0.15) is 37.8 Å². The van der Waals surface area contributed by atoms with Crippen molar-refractivity contribution in [2.75, 3.05) is 26.7 Å². The molecule has 2 aromatic rings. The molecule has 1 saturated heterocycles. The SMILES string of the molecule is COc1ccccc1C(CNC(=O)[C@H](C)NS(=O)(=O)c1ccccc1F)N1CCCCC1. The molecule has 174 valence electrons. The minimum absolute atomic E-state index is 0.106. The molecule has 32 heavy (non-hydrogen) atoms. The zero-order valence-electron chi connectivity index (χ0n) is 18.4. The first-order chi connectivity index (χ1) is 15.3. The molecule has 1 aliphatic heterocycles. The van der Waals surface area contributed by atoms with Gasteiger partial charge < -0.3 is 10.1 Å². The highest BCUT2D eigenvalue weighted by Crippen LogP contribution is 2.30. The van der Waals surface area contributed by atoms with Crippen LogP contribution in [0.25, 0.3) is 0 Å². The van der Waals surface area contributed by atoms with Gasteiger partial charge in [0.15, 0.2) is 0 Å². The fraction of sp³-hybridized carbons (Fsp3) is 0.435. The van der Waals surface area contributed by atoms with Crippen LogP contribution in [0.4, 0.5) is 4.39 Å². The van der Waals surface area contributed by atoms with Gasteiger partial charge in [0.25, 0.3) is 0 Å². The summed E-state index contributed by atoms with van der Waals surface area (Å²) in [4.78, 5) is 14.6. The highest BCUT2D eigenvalue weighted by Gasteiger charge is 2.28. The van der Waals surface area contributed by atoms with Crippen LogP contribution in [-0.4, -0.2) is 52.0 Å². The standard InChI is InChI=1S/C23H30FN3O4S/c1-17(26-32(29,30)22-13-7-5-11-19(22)24)23(28)25-16-20(27-14-8-3-9-15-27)18-10-4-6-12-21(18)31-2/h4-7,10-13,17,20,26H,3,8-9,14-16H2,1-2H3,(H,25,28)/t17-,20?/m0/s1. The van der Waals surface area contributed by atoms with Crippen molar-refractivity contribution < 1.29 is 22.3 Å². The molecule has 2 N–H and O–H groups in total. The van der Waals surface area contributed by atoms with Crippen LogP contribution in [0.3, 0.4) is 0 Å². The minimum Gasteiger partial charge on any atom is -0.496 e. The van der Waals surface area contributed by atoms with E-state index in [9.17, 15) is 17.6 Å². The monoisotopic (exact) mass is 463 g/mol. The van der Waals surface area contributed by atoms with Gasteiger partial charge in [0, 0.05) is 12.1 Å².